The number of hydrogen-bond donors (Lipinski definition) is 1. The number of amides is 1. The number of fused-ring (bicyclic) bond motifs is 2. The third-order valence-corrected chi connectivity index (χ3v) is 16.6. The summed E-state index contributed by atoms with van der Waals surface area (Å²) in [4.78, 5) is 26.5. The number of hydrogen-bond acceptors (Lipinski definition) is 12. The van der Waals surface area contributed by atoms with Crippen LogP contribution >= 0.6 is 8.53 Å². The molecule has 1 amide bonds. The first-order chi connectivity index (χ1) is 27.4. The minimum atomic E-state index is -2.18. The van der Waals surface area contributed by atoms with Crippen molar-refractivity contribution in [1.29, 1.82) is 5.26 Å². The van der Waals surface area contributed by atoms with Crippen molar-refractivity contribution in [2.75, 3.05) is 31.7 Å². The first-order valence-electron chi connectivity index (χ1n) is 19.0. The van der Waals surface area contributed by atoms with Crippen LogP contribution in [0.1, 0.15) is 32.4 Å². The molecule has 8 rings (SSSR count). The number of carbonyl (C=O) groups is 1. The van der Waals surface area contributed by atoms with Crippen LogP contribution in [0.15, 0.2) is 97.3 Å². The van der Waals surface area contributed by atoms with Crippen LogP contribution in [0.25, 0.3) is 11.2 Å². The van der Waals surface area contributed by atoms with Gasteiger partial charge in [-0.3, -0.25) is 19.2 Å². The first kappa shape index (κ1) is 38.1. The third kappa shape index (κ3) is 7.92. The van der Waals surface area contributed by atoms with Gasteiger partial charge in [-0.15, -0.1) is 0 Å². The van der Waals surface area contributed by atoms with Gasteiger partial charge >= 0.3 is 0 Å². The Morgan fingerprint density at radius 1 is 1.02 bits per heavy atom. The van der Waals surface area contributed by atoms with Gasteiger partial charge in [-0.2, -0.15) is 15.2 Å². The van der Waals surface area contributed by atoms with Crippen LogP contribution in [0.5, 0.6) is 11.6 Å². The van der Waals surface area contributed by atoms with E-state index in [2.05, 4.69) is 98.2 Å². The Labute approximate surface area is 327 Å². The number of aromatic nitrogens is 4. The van der Waals surface area contributed by atoms with Crippen LogP contribution < -0.4 is 25.2 Å². The number of ether oxygens (including phenoxy) is 4. The number of nitriles is 1. The molecule has 56 heavy (non-hydrogen) atoms. The maximum atomic E-state index is 12.9. The summed E-state index contributed by atoms with van der Waals surface area (Å²) in [5.41, 5.74) is 0.702. The number of benzene rings is 3. The summed E-state index contributed by atoms with van der Waals surface area (Å²) in [5.74, 6) is 0.205. The second kappa shape index (κ2) is 17.2. The van der Waals surface area contributed by atoms with Crippen molar-refractivity contribution in [1.82, 2.24) is 24.2 Å². The topological polar surface area (TPSA) is 155 Å². The van der Waals surface area contributed by atoms with Gasteiger partial charge in [-0.05, 0) is 37.9 Å². The van der Waals surface area contributed by atoms with Crippen molar-refractivity contribution in [3.05, 3.63) is 97.3 Å². The maximum absolute atomic E-state index is 12.9. The average molecular weight is 794 g/mol. The predicted molar refractivity (Wildman–Crippen MR) is 212 cm³/mol. The molecule has 3 aromatic carbocycles. The van der Waals surface area contributed by atoms with Gasteiger partial charge in [-0.25, -0.2) is 9.65 Å². The number of anilines is 1. The number of rotatable bonds is 16. The highest BCUT2D eigenvalue weighted by molar-refractivity contribution is 7.45. The van der Waals surface area contributed by atoms with E-state index < -0.39 is 41.1 Å². The van der Waals surface area contributed by atoms with Crippen LogP contribution in [0.4, 0.5) is 5.95 Å². The second-order valence-corrected chi connectivity index (χ2v) is 19.7. The molecule has 1 unspecified atom stereocenters. The van der Waals surface area contributed by atoms with E-state index in [0.717, 1.165) is 25.4 Å². The van der Waals surface area contributed by atoms with Gasteiger partial charge in [0.1, 0.15) is 20.4 Å². The van der Waals surface area contributed by atoms with Crippen LogP contribution in [-0.4, -0.2) is 89.1 Å². The minimum absolute atomic E-state index is 0.0107. The lowest BCUT2D eigenvalue weighted by atomic mass is 10.1. The average Bonchev–Trinajstić information content (AvgIpc) is 3.96. The summed E-state index contributed by atoms with van der Waals surface area (Å²) in [6.45, 7) is 5.52. The zero-order valence-corrected chi connectivity index (χ0v) is 33.2. The van der Waals surface area contributed by atoms with Gasteiger partial charge in [0.2, 0.25) is 11.8 Å². The van der Waals surface area contributed by atoms with Crippen molar-refractivity contribution < 1.29 is 32.8 Å². The Bertz CT molecular complexity index is 2110. The molecule has 16 heteroatoms. The summed E-state index contributed by atoms with van der Waals surface area (Å²) in [6.07, 6.45) is 2.02. The summed E-state index contributed by atoms with van der Waals surface area (Å²) >= 11 is 0. The predicted octanol–water partition coefficient (Wildman–Crippen LogP) is 5.40. The summed E-state index contributed by atoms with van der Waals surface area (Å²) in [7, 11) is -3.59. The molecule has 0 saturated carbocycles. The molecule has 1 N–H and O–H groups in total. The molecule has 14 nitrogen and oxygen atoms in total. The highest BCUT2D eigenvalue weighted by atomic mass is 31.2. The zero-order valence-electron chi connectivity index (χ0n) is 31.3. The van der Waals surface area contributed by atoms with Gasteiger partial charge < -0.3 is 23.5 Å². The Morgan fingerprint density at radius 3 is 2.43 bits per heavy atom. The molecular weight excluding hydrogens is 750 g/mol. The standard InChI is InChI=1S/C40H44N7O7PSi/c1-3-49-35-38(46-27-42-34-36(46)44-40(45-37(34)50-24-14-22-41)43-33(48)25-51-28-15-7-4-8-16-28)52-39(35)54-55-47-23-13-21-31(47)32(53-55)26-56(2,29-17-9-5-10-18-29)30-19-11-6-12-20-30/h4-12,15-20,27,31-32,35,38-39H,3,13-14,21,23-26H2,1-2H3,(H,43,44,45,48)/t31-,32+,35+,38+,39?,55+/m0/s1. The normalized spacial score (nSPS) is 23.3. The second-order valence-electron chi connectivity index (χ2n) is 14.0. The molecule has 0 radical (unpaired) electrons. The molecule has 6 atom stereocenters. The van der Waals surface area contributed by atoms with E-state index in [1.54, 1.807) is 23.0 Å². The molecule has 5 aromatic rings. The molecule has 0 bridgehead atoms. The fraction of sp³-hybridized carbons (Fsp3) is 0.375. The first-order valence-corrected chi connectivity index (χ1v) is 22.8. The smallest absolute Gasteiger partial charge is 0.264 e. The van der Waals surface area contributed by atoms with Crippen molar-refractivity contribution in [2.45, 2.75) is 69.5 Å². The van der Waals surface area contributed by atoms with E-state index in [0.29, 0.717) is 23.5 Å². The molecule has 2 aromatic heterocycles. The molecule has 290 valence electrons. The number of imidazole rings is 1. The lowest BCUT2D eigenvalue weighted by molar-refractivity contribution is -0.332. The summed E-state index contributed by atoms with van der Waals surface area (Å²) in [5, 5.41) is 14.6. The van der Waals surface area contributed by atoms with E-state index in [-0.39, 0.29) is 43.6 Å². The van der Waals surface area contributed by atoms with Crippen LogP contribution in [0.3, 0.4) is 0 Å². The lowest BCUT2D eigenvalue weighted by Gasteiger charge is -2.44. The molecule has 3 saturated heterocycles. The van der Waals surface area contributed by atoms with Gasteiger partial charge in [0.25, 0.3) is 14.4 Å². The Balaban J connectivity index is 0.998. The number of nitrogens with zero attached hydrogens (tertiary/aromatic N) is 6. The van der Waals surface area contributed by atoms with Crippen LogP contribution in [-0.2, 0) is 23.3 Å². The van der Waals surface area contributed by atoms with Crippen molar-refractivity contribution in [2.24, 2.45) is 0 Å². The molecule has 3 aliphatic heterocycles. The largest absolute Gasteiger partial charge is 0.484 e. The Morgan fingerprint density at radius 2 is 1.73 bits per heavy atom. The molecule has 0 spiro atoms. The molecule has 5 heterocycles. The van der Waals surface area contributed by atoms with Gasteiger partial charge in [0, 0.05) is 19.2 Å². The molecular formula is C40H44N7O7PSi. The van der Waals surface area contributed by atoms with E-state index >= 15 is 0 Å². The highest BCUT2D eigenvalue weighted by Gasteiger charge is 2.54. The summed E-state index contributed by atoms with van der Waals surface area (Å²) < 4.78 is 41.8. The van der Waals surface area contributed by atoms with Crippen molar-refractivity contribution in [3.63, 3.8) is 0 Å². The summed E-state index contributed by atoms with van der Waals surface area (Å²) in [6, 6.07) is 34.0. The fourth-order valence-corrected chi connectivity index (χ4v) is 13.5. The SMILES string of the molecule is CCO[C@H]1C(O[P@@]2O[C@H](C[Si](C)(c3ccccc3)c3ccccc3)[C@@H]3CCCN32)O[C@H]1n1cnc2c(OCCC#N)nc(NC(=O)COc3ccccc3)nc21. The Kier molecular flexibility index (Phi) is 11.7. The Hall–Kier alpha value is -4.78. The molecule has 3 aliphatic rings. The minimum Gasteiger partial charge on any atom is -0.484 e. The van der Waals surface area contributed by atoms with Crippen LogP contribution in [0.2, 0.25) is 12.6 Å². The van der Waals surface area contributed by atoms with Crippen molar-refractivity contribution in [3.8, 4) is 17.7 Å². The van der Waals surface area contributed by atoms with E-state index in [1.807, 2.05) is 25.1 Å². The highest BCUT2D eigenvalue weighted by Crippen LogP contribution is 2.59. The molecule has 0 aliphatic carbocycles. The monoisotopic (exact) mass is 793 g/mol. The molecule has 3 fully saturated rings. The van der Waals surface area contributed by atoms with Crippen molar-refractivity contribution >= 4 is 50.0 Å². The maximum Gasteiger partial charge on any atom is 0.264 e. The number of nitrogens with one attached hydrogen (secondary N) is 1. The van der Waals surface area contributed by atoms with E-state index in [4.69, 9.17) is 33.3 Å². The lowest BCUT2D eigenvalue weighted by Crippen LogP contribution is -2.58. The van der Waals surface area contributed by atoms with Crippen LogP contribution in [0, 0.1) is 11.3 Å². The van der Waals surface area contributed by atoms with Gasteiger partial charge in [0.05, 0.1) is 24.9 Å². The van der Waals surface area contributed by atoms with E-state index in [9.17, 15) is 4.79 Å². The number of carbonyl (C=O) groups excluding carboxylic acids is 1. The fourth-order valence-electron chi connectivity index (χ4n) is 7.62. The zero-order chi connectivity index (χ0) is 38.5. The third-order valence-electron chi connectivity index (χ3n) is 10.4. The van der Waals surface area contributed by atoms with E-state index in [1.165, 1.54) is 10.4 Å². The van der Waals surface area contributed by atoms with Gasteiger partial charge in [-0.1, -0.05) is 95.8 Å². The number of para-hydroxylation sites is 1. The quantitative estimate of drug-likeness (QED) is 0.0774. The van der Waals surface area contributed by atoms with Gasteiger partial charge in [0.15, 0.2) is 36.4 Å².